The highest BCUT2D eigenvalue weighted by Gasteiger charge is 2.33. The normalized spacial score (nSPS) is 13.6. The third-order valence-electron chi connectivity index (χ3n) is 14.4. The molecule has 91 heavy (non-hydrogen) atoms. The van der Waals surface area contributed by atoms with Crippen LogP contribution in [0.5, 0.6) is 11.6 Å². The van der Waals surface area contributed by atoms with Gasteiger partial charge in [0.05, 0.1) is 64.9 Å². The topological polar surface area (TPSA) is 325 Å². The summed E-state index contributed by atoms with van der Waals surface area (Å²) < 4.78 is 72.3. The van der Waals surface area contributed by atoms with Gasteiger partial charge in [-0.2, -0.15) is 0 Å². The number of carboxylic acid groups (broad SMARTS) is 1. The number of amides is 2. The Kier molecular flexibility index (Phi) is 22.6. The molecule has 1 saturated carbocycles. The van der Waals surface area contributed by atoms with Crippen LogP contribution in [0.25, 0.3) is 11.1 Å². The number of methoxy groups -OCH3 is 1. The van der Waals surface area contributed by atoms with Crippen molar-refractivity contribution in [1.29, 1.82) is 0 Å². The van der Waals surface area contributed by atoms with E-state index in [-0.39, 0.29) is 71.6 Å². The average molecular weight is 1330 g/mol. The maximum Gasteiger partial charge on any atom is 0.356 e. The van der Waals surface area contributed by atoms with Crippen LogP contribution in [0.15, 0.2) is 116 Å². The standard InChI is InChI=1S/C23H32N2O4.C18H18N2O5S.C16H17N3O5S.C6H3Cl2NO2/c1-7-16-13-15(3)14-17(8-2)18(16)19-20(26)24-9-11-28-12-10-25(24)21(19)29-22(27)23(4,5)6;1-25-16-5-3-2-4-15(16)18(22)20-26(23,24)14-10-6-12(7-11-14)17(21)19-13-8-9-13;1-9-10(15(20)11-8-17-19(2)16(11)21)4-5-13(25(3,22)23)14(9)12-6-7-24-18-12;7-3-1-2-4(8)9-5(3)6(10)11/h13-14H,7-12H2,1-6H3;2-7,10-11,13H,8-9H2,1H3,(H,19,21)(H,20,22);4-5,8,17H,6-7H2,1-3H3;1-2H,(H,10,11). The zero-order chi connectivity index (χ0) is 66.9. The first-order chi connectivity index (χ1) is 42.9. The first-order valence-corrected chi connectivity index (χ1v) is 32.8. The van der Waals surface area contributed by atoms with Gasteiger partial charge in [0.2, 0.25) is 5.88 Å². The number of ether oxygens (including phenoxy) is 3. The summed E-state index contributed by atoms with van der Waals surface area (Å²) >= 11 is 10.9. The van der Waals surface area contributed by atoms with Crippen molar-refractivity contribution < 1.29 is 65.0 Å². The minimum absolute atomic E-state index is 0.00623. The van der Waals surface area contributed by atoms with Gasteiger partial charge in [0.15, 0.2) is 21.3 Å². The number of rotatable bonds is 15. The maximum atomic E-state index is 13.5. The molecule has 24 nitrogen and oxygen atoms in total. The van der Waals surface area contributed by atoms with Crippen molar-refractivity contribution in [2.45, 2.75) is 109 Å². The van der Waals surface area contributed by atoms with Crippen LogP contribution in [0, 0.1) is 19.3 Å². The quantitative estimate of drug-likeness (QED) is 0.0426. The molecule has 2 amide bonds. The Hall–Kier alpha value is -8.69. The number of sulfone groups is 1. The van der Waals surface area contributed by atoms with E-state index in [1.165, 1.54) is 85.2 Å². The summed E-state index contributed by atoms with van der Waals surface area (Å²) in [6.45, 7) is 15.5. The third kappa shape index (κ3) is 16.8. The largest absolute Gasteiger partial charge is 0.496 e. The number of ketones is 1. The van der Waals surface area contributed by atoms with Crippen molar-refractivity contribution in [2.24, 2.45) is 17.6 Å². The van der Waals surface area contributed by atoms with Gasteiger partial charge < -0.3 is 34.6 Å². The van der Waals surface area contributed by atoms with Crippen LogP contribution >= 0.6 is 23.2 Å². The number of pyridine rings is 1. The van der Waals surface area contributed by atoms with E-state index in [0.717, 1.165) is 48.6 Å². The van der Waals surface area contributed by atoms with E-state index >= 15 is 0 Å². The highest BCUT2D eigenvalue weighted by atomic mass is 35.5. The summed E-state index contributed by atoms with van der Waals surface area (Å²) in [6, 6.07) is 21.8. The maximum absolute atomic E-state index is 13.5. The van der Waals surface area contributed by atoms with E-state index in [4.69, 9.17) is 47.4 Å². The number of aromatic nitrogens is 5. The Morgan fingerprint density at radius 3 is 1.97 bits per heavy atom. The number of halogens is 2. The number of nitrogens with zero attached hydrogens (tertiary/aromatic N) is 5. The molecule has 0 bridgehead atoms. The van der Waals surface area contributed by atoms with Gasteiger partial charge in [-0.25, -0.2) is 40.7 Å². The lowest BCUT2D eigenvalue weighted by molar-refractivity contribution is -0.143. The molecule has 0 atom stereocenters. The van der Waals surface area contributed by atoms with E-state index in [0.29, 0.717) is 73.2 Å². The third-order valence-corrected chi connectivity index (χ3v) is 17.4. The van der Waals surface area contributed by atoms with E-state index in [9.17, 15) is 50.4 Å². The van der Waals surface area contributed by atoms with Crippen molar-refractivity contribution in [3.63, 3.8) is 0 Å². The summed E-state index contributed by atoms with van der Waals surface area (Å²) in [6.07, 6.45) is 6.41. The number of aryl methyl sites for hydroxylation is 4. The van der Waals surface area contributed by atoms with Gasteiger partial charge in [-0.15, -0.1) is 0 Å². The number of benzene rings is 4. The predicted octanol–water partition coefficient (Wildman–Crippen LogP) is 8.31. The molecule has 3 aromatic heterocycles. The van der Waals surface area contributed by atoms with Crippen LogP contribution in [-0.2, 0) is 67.2 Å². The van der Waals surface area contributed by atoms with Crippen molar-refractivity contribution in [3.8, 4) is 22.8 Å². The summed E-state index contributed by atoms with van der Waals surface area (Å²) in [5.41, 5.74) is 5.36. The molecular formula is C63H70Cl2N8O16S2. The van der Waals surface area contributed by atoms with Crippen molar-refractivity contribution in [2.75, 3.05) is 33.2 Å². The van der Waals surface area contributed by atoms with Gasteiger partial charge in [-0.05, 0) is 143 Å². The van der Waals surface area contributed by atoms with Gasteiger partial charge in [-0.1, -0.05) is 72.0 Å². The molecule has 4 N–H and O–H groups in total. The number of hydrogen-bond acceptors (Lipinski definition) is 17. The number of fused-ring (bicyclic) bond motifs is 1. The number of carbonyl (C=O) groups is 5. The van der Waals surface area contributed by atoms with Crippen LogP contribution in [0.3, 0.4) is 0 Å². The number of aromatic amines is 1. The van der Waals surface area contributed by atoms with Crippen LogP contribution in [0.2, 0.25) is 10.2 Å². The zero-order valence-corrected chi connectivity index (χ0v) is 54.8. The molecule has 1 fully saturated rings. The summed E-state index contributed by atoms with van der Waals surface area (Å²) in [7, 11) is -4.69. The van der Waals surface area contributed by atoms with E-state index < -0.39 is 48.5 Å². The van der Waals surface area contributed by atoms with Crippen molar-refractivity contribution in [1.82, 2.24) is 34.2 Å². The van der Waals surface area contributed by atoms with Gasteiger partial charge in [-0.3, -0.25) is 33.4 Å². The Morgan fingerprint density at radius 1 is 0.791 bits per heavy atom. The predicted molar refractivity (Wildman–Crippen MR) is 340 cm³/mol. The number of hydrogen-bond donors (Lipinski definition) is 4. The molecule has 28 heteroatoms. The van der Waals surface area contributed by atoms with E-state index in [1.54, 1.807) is 34.5 Å². The molecule has 0 saturated heterocycles. The Morgan fingerprint density at radius 2 is 1.43 bits per heavy atom. The van der Waals surface area contributed by atoms with E-state index in [2.05, 4.69) is 53.5 Å². The molecule has 0 radical (unpaired) electrons. The Bertz CT molecular complexity index is 4310. The molecule has 10 rings (SSSR count). The van der Waals surface area contributed by atoms with Gasteiger partial charge in [0.1, 0.15) is 28.6 Å². The fourth-order valence-corrected chi connectivity index (χ4v) is 11.8. The number of H-pyrrole nitrogens is 1. The smallest absolute Gasteiger partial charge is 0.356 e. The SMILES string of the molecule is CCc1cc(C)cc(CC)c1-c1c(OC(=O)C(C)(C)C)n2n(c1=O)CCOCC2.COc1ccccc1C(=O)NS(=O)(=O)c1ccc(C(=O)NC2CC2)cc1.Cc1c(C(=O)c2c[nH]n(C)c2=O)ccc(S(C)(=O)=O)c1C1=NOCC1.O=C(O)c1nc(Cl)ccc1Cl. The molecule has 7 aromatic rings. The minimum Gasteiger partial charge on any atom is -0.496 e. The summed E-state index contributed by atoms with van der Waals surface area (Å²) in [5, 5.41) is 18.1. The molecule has 0 unspecified atom stereocenters. The molecule has 484 valence electrons. The molecule has 4 aromatic carbocycles. The molecule has 5 heterocycles. The van der Waals surface area contributed by atoms with Crippen LogP contribution in [-0.4, -0.2) is 121 Å². The fourth-order valence-electron chi connectivity index (χ4n) is 9.57. The molecule has 3 aliphatic rings. The average Bonchev–Trinajstić information content (AvgIpc) is 1.56. The van der Waals surface area contributed by atoms with Gasteiger partial charge >= 0.3 is 11.9 Å². The van der Waals surface area contributed by atoms with Crippen LogP contribution in [0.4, 0.5) is 0 Å². The molecular weight excluding hydrogens is 1260 g/mol. The fraction of sp³-hybridized carbons (Fsp3) is 0.349. The zero-order valence-electron chi connectivity index (χ0n) is 51.7. The number of aromatic carboxylic acids is 1. The molecule has 2 aliphatic heterocycles. The lowest BCUT2D eigenvalue weighted by Gasteiger charge is -2.19. The minimum atomic E-state index is -4.07. The highest BCUT2D eigenvalue weighted by molar-refractivity contribution is 7.91. The van der Waals surface area contributed by atoms with E-state index in [1.807, 2.05) is 25.5 Å². The highest BCUT2D eigenvalue weighted by Crippen LogP contribution is 2.37. The molecule has 1 aliphatic carbocycles. The van der Waals surface area contributed by atoms with Crippen molar-refractivity contribution >= 4 is 78.3 Å². The summed E-state index contributed by atoms with van der Waals surface area (Å²) in [5.74, 6) is -2.43. The monoisotopic (exact) mass is 1330 g/mol. The van der Waals surface area contributed by atoms with Gasteiger partial charge in [0, 0.05) is 48.7 Å². The lowest BCUT2D eigenvalue weighted by atomic mass is 9.91. The lowest BCUT2D eigenvalue weighted by Crippen LogP contribution is -2.31. The number of para-hydroxylation sites is 1. The second kappa shape index (κ2) is 29.5. The van der Waals surface area contributed by atoms with Crippen molar-refractivity contribution in [3.05, 3.63) is 178 Å². The summed E-state index contributed by atoms with van der Waals surface area (Å²) in [4.78, 5) is 94.2. The Labute approximate surface area is 535 Å². The first kappa shape index (κ1) is 69.8. The van der Waals surface area contributed by atoms with Gasteiger partial charge in [0.25, 0.3) is 33.0 Å². The number of oxime groups is 1. The van der Waals surface area contributed by atoms with Crippen LogP contribution < -0.4 is 30.6 Å². The Balaban J connectivity index is 0.000000179. The number of nitrogens with one attached hydrogen (secondary N) is 3. The second-order valence-corrected chi connectivity index (χ2v) is 26.7. The molecule has 0 spiro atoms. The number of esters is 1. The number of sulfonamides is 1. The number of carbonyl (C=O) groups excluding carboxylic acids is 4. The van der Waals surface area contributed by atoms with Crippen LogP contribution in [0.1, 0.15) is 129 Å². The second-order valence-electron chi connectivity index (χ2n) is 22.2. The first-order valence-electron chi connectivity index (χ1n) is 28.7. The number of carboxylic acids is 1.